The molecule has 0 amide bonds. The predicted molar refractivity (Wildman–Crippen MR) is 73.7 cm³/mol. The molecular weight excluding hydrogens is 232 g/mol. The Labute approximate surface area is 109 Å². The zero-order valence-electron chi connectivity index (χ0n) is 11.7. The van der Waals surface area contributed by atoms with Gasteiger partial charge in [-0.1, -0.05) is 34.1 Å². The van der Waals surface area contributed by atoms with E-state index in [9.17, 15) is 9.47 Å². The van der Waals surface area contributed by atoms with E-state index < -0.39 is 16.5 Å². The molecule has 0 fully saturated rings. The van der Waals surface area contributed by atoms with E-state index in [1.807, 2.05) is 20.8 Å². The average molecular weight is 258 g/mol. The number of hydrogen-bond acceptors (Lipinski definition) is 2. The summed E-state index contributed by atoms with van der Waals surface area (Å²) in [5, 5.41) is 9.21. The van der Waals surface area contributed by atoms with Crippen LogP contribution in [0.3, 0.4) is 0 Å². The van der Waals surface area contributed by atoms with E-state index in [4.69, 9.17) is 0 Å². The molecule has 0 heterocycles. The van der Waals surface area contributed by atoms with Crippen molar-refractivity contribution in [1.29, 1.82) is 5.26 Å². The zero-order chi connectivity index (χ0) is 13.5. The van der Waals surface area contributed by atoms with Crippen molar-refractivity contribution in [3.63, 3.8) is 0 Å². The van der Waals surface area contributed by atoms with Gasteiger partial charge in [0.2, 0.25) is 0 Å². The summed E-state index contributed by atoms with van der Waals surface area (Å²) in [4.78, 5) is 0. The Balaban J connectivity index is 4.28. The van der Waals surface area contributed by atoms with Crippen LogP contribution in [0, 0.1) is 23.2 Å². The maximum absolute atomic E-state index is 11.8. The number of nitriles is 1. The quantitative estimate of drug-likeness (QED) is 0.727. The lowest BCUT2D eigenvalue weighted by Gasteiger charge is -2.24. The first-order valence-electron chi connectivity index (χ1n) is 6.40. The minimum atomic E-state index is -1.11. The first kappa shape index (κ1) is 16.6. The zero-order valence-corrected chi connectivity index (χ0v) is 12.6. The van der Waals surface area contributed by atoms with Gasteiger partial charge >= 0.3 is 0 Å². The van der Waals surface area contributed by atoms with Crippen LogP contribution in [0.2, 0.25) is 0 Å². The largest absolute Gasteiger partial charge is 0.243 e. The molecule has 0 rings (SSSR count). The van der Waals surface area contributed by atoms with Gasteiger partial charge in [-0.2, -0.15) is 5.26 Å². The molecule has 17 heavy (non-hydrogen) atoms. The standard InChI is InChI=1S/C13H26N2OS/c1-6-12(4)7-8-13(5,10-14)15-17(16)9-11(2)3/h11-12,15H,6-9H2,1-5H3. The van der Waals surface area contributed by atoms with Crippen molar-refractivity contribution in [2.75, 3.05) is 5.75 Å². The molecule has 0 aliphatic heterocycles. The van der Waals surface area contributed by atoms with Crippen LogP contribution in [0.15, 0.2) is 0 Å². The second kappa shape index (κ2) is 7.84. The molecule has 0 spiro atoms. The van der Waals surface area contributed by atoms with Gasteiger partial charge in [0.25, 0.3) is 0 Å². The Kier molecular flexibility index (Phi) is 7.65. The Morgan fingerprint density at radius 1 is 1.41 bits per heavy atom. The summed E-state index contributed by atoms with van der Waals surface area (Å²) in [6.07, 6.45) is 2.87. The van der Waals surface area contributed by atoms with E-state index in [1.165, 1.54) is 0 Å². The normalized spacial score (nSPS) is 18.4. The van der Waals surface area contributed by atoms with Gasteiger partial charge in [0, 0.05) is 5.75 Å². The molecule has 0 aliphatic carbocycles. The van der Waals surface area contributed by atoms with E-state index in [0.29, 0.717) is 17.6 Å². The molecule has 0 aliphatic rings. The van der Waals surface area contributed by atoms with Crippen molar-refractivity contribution in [3.8, 4) is 6.07 Å². The molecular formula is C13H26N2OS. The lowest BCUT2D eigenvalue weighted by atomic mass is 9.92. The Morgan fingerprint density at radius 3 is 2.41 bits per heavy atom. The first-order valence-corrected chi connectivity index (χ1v) is 7.72. The summed E-state index contributed by atoms with van der Waals surface area (Å²) in [7, 11) is -1.11. The summed E-state index contributed by atoms with van der Waals surface area (Å²) in [5.74, 6) is 1.59. The highest BCUT2D eigenvalue weighted by atomic mass is 32.2. The van der Waals surface area contributed by atoms with E-state index >= 15 is 0 Å². The van der Waals surface area contributed by atoms with Crippen molar-refractivity contribution in [3.05, 3.63) is 0 Å². The van der Waals surface area contributed by atoms with Crippen molar-refractivity contribution >= 4 is 11.0 Å². The lowest BCUT2D eigenvalue weighted by Crippen LogP contribution is -2.43. The van der Waals surface area contributed by atoms with Crippen molar-refractivity contribution in [2.45, 2.75) is 59.4 Å². The van der Waals surface area contributed by atoms with Gasteiger partial charge in [0.05, 0.1) is 17.1 Å². The molecule has 0 radical (unpaired) electrons. The highest BCUT2D eigenvalue weighted by Gasteiger charge is 2.26. The topological polar surface area (TPSA) is 52.9 Å². The summed E-state index contributed by atoms with van der Waals surface area (Å²) >= 11 is 0. The van der Waals surface area contributed by atoms with Gasteiger partial charge in [-0.05, 0) is 31.6 Å². The molecule has 4 heteroatoms. The molecule has 0 aromatic rings. The third kappa shape index (κ3) is 7.51. The third-order valence-electron chi connectivity index (χ3n) is 2.90. The summed E-state index contributed by atoms with van der Waals surface area (Å²) in [6, 6.07) is 2.26. The fraction of sp³-hybridized carbons (Fsp3) is 0.923. The van der Waals surface area contributed by atoms with Gasteiger partial charge < -0.3 is 0 Å². The predicted octanol–water partition coefficient (Wildman–Crippen LogP) is 3.00. The van der Waals surface area contributed by atoms with Crippen molar-refractivity contribution < 1.29 is 4.21 Å². The first-order chi connectivity index (χ1) is 7.83. The van der Waals surface area contributed by atoms with E-state index in [1.54, 1.807) is 0 Å². The smallest absolute Gasteiger partial charge is 0.114 e. The van der Waals surface area contributed by atoms with Crippen LogP contribution < -0.4 is 4.72 Å². The minimum Gasteiger partial charge on any atom is -0.243 e. The number of hydrogen-bond donors (Lipinski definition) is 1. The maximum Gasteiger partial charge on any atom is 0.114 e. The number of nitrogens with one attached hydrogen (secondary N) is 1. The van der Waals surface area contributed by atoms with Gasteiger partial charge in [0.1, 0.15) is 5.54 Å². The van der Waals surface area contributed by atoms with Crippen LogP contribution in [0.5, 0.6) is 0 Å². The Hall–Kier alpha value is -0.400. The molecule has 3 atom stereocenters. The molecule has 0 aromatic carbocycles. The van der Waals surface area contributed by atoms with E-state index in [2.05, 4.69) is 24.6 Å². The molecule has 3 nitrogen and oxygen atoms in total. The van der Waals surface area contributed by atoms with Crippen LogP contribution in [0.1, 0.15) is 53.9 Å². The fourth-order valence-corrected chi connectivity index (χ4v) is 2.80. The summed E-state index contributed by atoms with van der Waals surface area (Å²) < 4.78 is 14.8. The molecule has 0 bridgehead atoms. The van der Waals surface area contributed by atoms with Gasteiger partial charge in [0.15, 0.2) is 0 Å². The van der Waals surface area contributed by atoms with Crippen molar-refractivity contribution in [1.82, 2.24) is 4.72 Å². The Bertz CT molecular complexity index is 286. The van der Waals surface area contributed by atoms with Crippen molar-refractivity contribution in [2.24, 2.45) is 11.8 Å². The maximum atomic E-state index is 11.8. The van der Waals surface area contributed by atoms with Crippen LogP contribution in [-0.4, -0.2) is 15.5 Å². The molecule has 1 N–H and O–H groups in total. The molecule has 0 saturated carbocycles. The summed E-state index contributed by atoms with van der Waals surface area (Å²) in [5.41, 5.74) is -0.664. The third-order valence-corrected chi connectivity index (χ3v) is 4.55. The Morgan fingerprint density at radius 2 is 2.00 bits per heavy atom. The number of rotatable bonds is 8. The molecule has 0 saturated heterocycles. The van der Waals surface area contributed by atoms with Gasteiger partial charge in [-0.3, -0.25) is 0 Å². The highest BCUT2D eigenvalue weighted by Crippen LogP contribution is 2.18. The van der Waals surface area contributed by atoms with Crippen LogP contribution in [-0.2, 0) is 11.0 Å². The molecule has 3 unspecified atom stereocenters. The highest BCUT2D eigenvalue weighted by molar-refractivity contribution is 7.83. The van der Waals surface area contributed by atoms with E-state index in [0.717, 1.165) is 19.3 Å². The summed E-state index contributed by atoms with van der Waals surface area (Å²) in [6.45, 7) is 10.2. The fourth-order valence-electron chi connectivity index (χ4n) is 1.46. The van der Waals surface area contributed by atoms with Crippen LogP contribution in [0.4, 0.5) is 0 Å². The second-order valence-electron chi connectivity index (χ2n) is 5.50. The van der Waals surface area contributed by atoms with Gasteiger partial charge in [-0.25, -0.2) is 8.93 Å². The monoisotopic (exact) mass is 258 g/mol. The minimum absolute atomic E-state index is 0.376. The molecule has 100 valence electrons. The average Bonchev–Trinajstić information content (AvgIpc) is 2.24. The van der Waals surface area contributed by atoms with Crippen LogP contribution >= 0.6 is 0 Å². The molecule has 0 aromatic heterocycles. The van der Waals surface area contributed by atoms with Crippen LogP contribution in [0.25, 0.3) is 0 Å². The number of nitrogens with zero attached hydrogens (tertiary/aromatic N) is 1. The second-order valence-corrected chi connectivity index (χ2v) is 6.73. The van der Waals surface area contributed by atoms with Gasteiger partial charge in [-0.15, -0.1) is 0 Å². The lowest BCUT2D eigenvalue weighted by molar-refractivity contribution is 0.409. The SMILES string of the molecule is CCC(C)CCC(C)(C#N)NS(=O)CC(C)C. The van der Waals surface area contributed by atoms with E-state index in [-0.39, 0.29) is 0 Å².